The Balaban J connectivity index is 1.93. The number of carbonyl (C=O) groups excluding carboxylic acids is 1. The molecule has 0 aliphatic heterocycles. The number of fused-ring (bicyclic) bond motifs is 1. The third-order valence-electron chi connectivity index (χ3n) is 3.43. The van der Waals surface area contributed by atoms with Crippen molar-refractivity contribution in [1.29, 1.82) is 0 Å². The maximum absolute atomic E-state index is 11.4. The van der Waals surface area contributed by atoms with E-state index in [0.29, 0.717) is 22.3 Å². The molecule has 4 nitrogen and oxygen atoms in total. The van der Waals surface area contributed by atoms with Crippen molar-refractivity contribution in [2.75, 3.05) is 0 Å². The minimum absolute atomic E-state index is 0.252. The molecule has 0 unspecified atom stereocenters. The van der Waals surface area contributed by atoms with Gasteiger partial charge < -0.3 is 9.30 Å². The standard InChI is InChI=1S/C16H13ClN2O2/c1-19-15(17)8-18-16(19)10-21-14-7-6-11-4-2-3-5-12(11)13(14)9-20/h2-9H,10H2,1H3. The molecule has 0 saturated heterocycles. The molecule has 0 N–H and O–H groups in total. The summed E-state index contributed by atoms with van der Waals surface area (Å²) in [7, 11) is 1.81. The van der Waals surface area contributed by atoms with Gasteiger partial charge in [-0.05, 0) is 16.8 Å². The first-order chi connectivity index (χ1) is 10.2. The second-order valence-corrected chi connectivity index (χ2v) is 5.05. The van der Waals surface area contributed by atoms with Crippen molar-refractivity contribution in [3.05, 3.63) is 59.1 Å². The highest BCUT2D eigenvalue weighted by Gasteiger charge is 2.10. The summed E-state index contributed by atoms with van der Waals surface area (Å²) in [4.78, 5) is 15.6. The number of hydrogen-bond acceptors (Lipinski definition) is 3. The van der Waals surface area contributed by atoms with Crippen LogP contribution in [-0.4, -0.2) is 15.8 Å². The number of carbonyl (C=O) groups is 1. The zero-order valence-corrected chi connectivity index (χ0v) is 12.2. The molecular weight excluding hydrogens is 288 g/mol. The SMILES string of the molecule is Cn1c(Cl)cnc1COc1ccc2ccccc2c1C=O. The fourth-order valence-electron chi connectivity index (χ4n) is 2.22. The third kappa shape index (κ3) is 2.50. The highest BCUT2D eigenvalue weighted by atomic mass is 35.5. The molecule has 0 saturated carbocycles. The highest BCUT2D eigenvalue weighted by molar-refractivity contribution is 6.29. The monoisotopic (exact) mass is 300 g/mol. The van der Waals surface area contributed by atoms with E-state index in [-0.39, 0.29) is 6.61 Å². The Bertz CT molecular complexity index is 811. The molecule has 0 fully saturated rings. The summed E-state index contributed by atoms with van der Waals surface area (Å²) in [5.74, 6) is 1.24. The van der Waals surface area contributed by atoms with Gasteiger partial charge in [0.25, 0.3) is 0 Å². The van der Waals surface area contributed by atoms with Crippen LogP contribution in [0.3, 0.4) is 0 Å². The summed E-state index contributed by atoms with van der Waals surface area (Å²) in [6.07, 6.45) is 2.39. The van der Waals surface area contributed by atoms with E-state index < -0.39 is 0 Å². The van der Waals surface area contributed by atoms with E-state index in [2.05, 4.69) is 4.98 Å². The molecule has 1 aromatic heterocycles. The van der Waals surface area contributed by atoms with Gasteiger partial charge in [-0.1, -0.05) is 41.9 Å². The molecule has 0 aliphatic carbocycles. The minimum atomic E-state index is 0.252. The van der Waals surface area contributed by atoms with Crippen molar-refractivity contribution >= 4 is 28.7 Å². The number of aldehydes is 1. The van der Waals surface area contributed by atoms with Gasteiger partial charge in [0, 0.05) is 7.05 Å². The van der Waals surface area contributed by atoms with Gasteiger partial charge in [0.05, 0.1) is 11.8 Å². The molecule has 106 valence electrons. The number of halogens is 1. The van der Waals surface area contributed by atoms with Crippen LogP contribution >= 0.6 is 11.6 Å². The Kier molecular flexibility index (Phi) is 3.62. The van der Waals surface area contributed by atoms with Crippen LogP contribution in [0.4, 0.5) is 0 Å². The van der Waals surface area contributed by atoms with Crippen LogP contribution in [0.15, 0.2) is 42.6 Å². The number of ether oxygens (including phenoxy) is 1. The van der Waals surface area contributed by atoms with Crippen LogP contribution in [0.25, 0.3) is 10.8 Å². The Labute approximate surface area is 126 Å². The number of benzene rings is 2. The molecule has 21 heavy (non-hydrogen) atoms. The van der Waals surface area contributed by atoms with Crippen molar-refractivity contribution in [3.63, 3.8) is 0 Å². The van der Waals surface area contributed by atoms with E-state index in [1.54, 1.807) is 16.8 Å². The lowest BCUT2D eigenvalue weighted by molar-refractivity contribution is 0.112. The molecule has 0 aliphatic rings. The molecule has 0 amide bonds. The molecule has 0 spiro atoms. The smallest absolute Gasteiger partial charge is 0.154 e. The minimum Gasteiger partial charge on any atom is -0.485 e. The Morgan fingerprint density at radius 3 is 2.81 bits per heavy atom. The van der Waals surface area contributed by atoms with Gasteiger partial charge in [0.1, 0.15) is 23.3 Å². The molecule has 3 rings (SSSR count). The zero-order valence-electron chi connectivity index (χ0n) is 11.4. The van der Waals surface area contributed by atoms with Crippen LogP contribution in [-0.2, 0) is 13.7 Å². The van der Waals surface area contributed by atoms with E-state index >= 15 is 0 Å². The Morgan fingerprint density at radius 1 is 1.29 bits per heavy atom. The van der Waals surface area contributed by atoms with E-state index in [1.165, 1.54) is 0 Å². The summed E-state index contributed by atoms with van der Waals surface area (Å²) in [5, 5.41) is 2.43. The van der Waals surface area contributed by atoms with Crippen molar-refractivity contribution in [2.45, 2.75) is 6.61 Å². The van der Waals surface area contributed by atoms with Crippen molar-refractivity contribution in [2.24, 2.45) is 7.05 Å². The molecule has 0 radical (unpaired) electrons. The average Bonchev–Trinajstić information content (AvgIpc) is 2.84. The average molecular weight is 301 g/mol. The third-order valence-corrected chi connectivity index (χ3v) is 3.78. The Morgan fingerprint density at radius 2 is 2.10 bits per heavy atom. The summed E-state index contributed by atoms with van der Waals surface area (Å²) in [5.41, 5.74) is 0.549. The summed E-state index contributed by atoms with van der Waals surface area (Å²) >= 11 is 5.94. The van der Waals surface area contributed by atoms with Gasteiger partial charge in [0.15, 0.2) is 6.29 Å². The van der Waals surface area contributed by atoms with Crippen molar-refractivity contribution in [1.82, 2.24) is 9.55 Å². The van der Waals surface area contributed by atoms with E-state index in [9.17, 15) is 4.79 Å². The fourth-order valence-corrected chi connectivity index (χ4v) is 2.37. The van der Waals surface area contributed by atoms with Gasteiger partial charge in [0.2, 0.25) is 0 Å². The molecule has 0 atom stereocenters. The van der Waals surface area contributed by atoms with Crippen LogP contribution in [0.5, 0.6) is 5.75 Å². The van der Waals surface area contributed by atoms with Crippen LogP contribution in [0.1, 0.15) is 16.2 Å². The van der Waals surface area contributed by atoms with Crippen LogP contribution in [0, 0.1) is 0 Å². The predicted octanol–water partition coefficient (Wildman–Crippen LogP) is 3.62. The second kappa shape index (κ2) is 5.58. The van der Waals surface area contributed by atoms with Gasteiger partial charge >= 0.3 is 0 Å². The first-order valence-electron chi connectivity index (χ1n) is 6.46. The van der Waals surface area contributed by atoms with Gasteiger partial charge in [-0.2, -0.15) is 0 Å². The lowest BCUT2D eigenvalue weighted by Gasteiger charge is -2.10. The summed E-state index contributed by atoms with van der Waals surface area (Å²) in [6, 6.07) is 11.4. The van der Waals surface area contributed by atoms with Crippen molar-refractivity contribution in [3.8, 4) is 5.75 Å². The lowest BCUT2D eigenvalue weighted by Crippen LogP contribution is -2.05. The summed E-state index contributed by atoms with van der Waals surface area (Å²) in [6.45, 7) is 0.252. The zero-order chi connectivity index (χ0) is 14.8. The number of nitrogens with zero attached hydrogens (tertiary/aromatic N) is 2. The molecule has 2 aromatic carbocycles. The van der Waals surface area contributed by atoms with Gasteiger partial charge in [-0.25, -0.2) is 4.98 Å². The van der Waals surface area contributed by atoms with Crippen LogP contribution in [0.2, 0.25) is 5.15 Å². The number of imidazole rings is 1. The predicted molar refractivity (Wildman–Crippen MR) is 81.9 cm³/mol. The van der Waals surface area contributed by atoms with E-state index in [0.717, 1.165) is 17.1 Å². The number of hydrogen-bond donors (Lipinski definition) is 0. The fraction of sp³-hybridized carbons (Fsp3) is 0.125. The first-order valence-corrected chi connectivity index (χ1v) is 6.84. The van der Waals surface area contributed by atoms with E-state index in [1.807, 2.05) is 37.4 Å². The number of rotatable bonds is 4. The molecule has 5 heteroatoms. The molecule has 3 aromatic rings. The molecule has 0 bridgehead atoms. The van der Waals surface area contributed by atoms with Gasteiger partial charge in [-0.15, -0.1) is 0 Å². The van der Waals surface area contributed by atoms with Crippen molar-refractivity contribution < 1.29 is 9.53 Å². The summed E-state index contributed by atoms with van der Waals surface area (Å²) < 4.78 is 7.48. The van der Waals surface area contributed by atoms with Gasteiger partial charge in [-0.3, -0.25) is 4.79 Å². The second-order valence-electron chi connectivity index (χ2n) is 4.66. The maximum atomic E-state index is 11.4. The molecule has 1 heterocycles. The molecular formula is C16H13ClN2O2. The van der Waals surface area contributed by atoms with Crippen LogP contribution < -0.4 is 4.74 Å². The maximum Gasteiger partial charge on any atom is 0.154 e. The lowest BCUT2D eigenvalue weighted by atomic mass is 10.0. The Hall–Kier alpha value is -2.33. The topological polar surface area (TPSA) is 44.1 Å². The normalized spacial score (nSPS) is 10.8. The van der Waals surface area contributed by atoms with E-state index in [4.69, 9.17) is 16.3 Å². The number of aromatic nitrogens is 2. The highest BCUT2D eigenvalue weighted by Crippen LogP contribution is 2.27. The quantitative estimate of drug-likeness (QED) is 0.691. The largest absolute Gasteiger partial charge is 0.485 e. The first kappa shape index (κ1) is 13.6.